The maximum atomic E-state index is 13.1. The van der Waals surface area contributed by atoms with Gasteiger partial charge >= 0.3 is 5.56 Å². The van der Waals surface area contributed by atoms with Crippen molar-refractivity contribution in [1.29, 1.82) is 0 Å². The summed E-state index contributed by atoms with van der Waals surface area (Å²) in [6, 6.07) is 6.14. The van der Waals surface area contributed by atoms with E-state index in [4.69, 9.17) is 0 Å². The van der Waals surface area contributed by atoms with E-state index in [9.17, 15) is 9.90 Å². The van der Waals surface area contributed by atoms with E-state index in [1.54, 1.807) is 0 Å². The molecule has 2 aromatic heterocycles. The van der Waals surface area contributed by atoms with Crippen molar-refractivity contribution in [2.75, 3.05) is 33.2 Å². The number of hydrogen-bond donors (Lipinski definition) is 1. The van der Waals surface area contributed by atoms with Crippen LogP contribution in [0.25, 0.3) is 5.65 Å². The smallest absolute Gasteiger partial charge is 0.380 e. The lowest BCUT2D eigenvalue weighted by Crippen LogP contribution is -2.47. The molecule has 2 aromatic rings. The Labute approximate surface area is 154 Å². The predicted octanol–water partition coefficient (Wildman–Crippen LogP) is 1.55. The second kappa shape index (κ2) is 7.37. The van der Waals surface area contributed by atoms with Crippen LogP contribution in [0.3, 0.4) is 0 Å². The lowest BCUT2D eigenvalue weighted by atomic mass is 9.95. The minimum absolute atomic E-state index is 0.0850. The average molecular weight is 357 g/mol. The van der Waals surface area contributed by atoms with Crippen LogP contribution in [0.1, 0.15) is 43.8 Å². The maximum absolute atomic E-state index is 13.1. The van der Waals surface area contributed by atoms with Gasteiger partial charge in [0.1, 0.15) is 6.04 Å². The highest BCUT2D eigenvalue weighted by Crippen LogP contribution is 2.28. The zero-order valence-corrected chi connectivity index (χ0v) is 15.6. The van der Waals surface area contributed by atoms with E-state index >= 15 is 0 Å². The monoisotopic (exact) mass is 357 g/mol. The predicted molar refractivity (Wildman–Crippen MR) is 100 cm³/mol. The molecular formula is C20H29N4O2+. The molecule has 1 aliphatic carbocycles. The molecule has 0 spiro atoms. The van der Waals surface area contributed by atoms with Crippen LogP contribution in [0, 0.1) is 0 Å². The number of hydrogen-bond acceptors (Lipinski definition) is 4. The van der Waals surface area contributed by atoms with Crippen molar-refractivity contribution in [3.63, 3.8) is 0 Å². The van der Waals surface area contributed by atoms with E-state index in [1.165, 1.54) is 6.42 Å². The normalized spacial score (nSPS) is 20.7. The third-order valence-electron chi connectivity index (χ3n) is 5.98. The first-order valence-electron chi connectivity index (χ1n) is 9.83. The molecule has 6 heteroatoms. The zero-order valence-electron chi connectivity index (χ0n) is 15.6. The van der Waals surface area contributed by atoms with Crippen LogP contribution < -0.4 is 9.96 Å². The van der Waals surface area contributed by atoms with Crippen molar-refractivity contribution in [2.45, 2.75) is 44.7 Å². The van der Waals surface area contributed by atoms with Gasteiger partial charge in [0.15, 0.2) is 5.69 Å². The van der Waals surface area contributed by atoms with Gasteiger partial charge in [-0.25, -0.2) is 4.79 Å². The summed E-state index contributed by atoms with van der Waals surface area (Å²) in [5, 5.41) is 10.8. The fourth-order valence-electron chi connectivity index (χ4n) is 4.38. The van der Waals surface area contributed by atoms with Gasteiger partial charge in [0.2, 0.25) is 0 Å². The molecule has 26 heavy (non-hydrogen) atoms. The summed E-state index contributed by atoms with van der Waals surface area (Å²) in [6.07, 6.45) is 7.55. The highest BCUT2D eigenvalue weighted by molar-refractivity contribution is 5.35. The number of rotatable bonds is 3. The Bertz CT molecular complexity index is 834. The first kappa shape index (κ1) is 17.5. The van der Waals surface area contributed by atoms with Gasteiger partial charge in [0, 0.05) is 32.2 Å². The average Bonchev–Trinajstić information content (AvgIpc) is 2.68. The molecule has 0 radical (unpaired) electrons. The van der Waals surface area contributed by atoms with E-state index in [2.05, 4.69) is 16.8 Å². The van der Waals surface area contributed by atoms with Crippen molar-refractivity contribution >= 4 is 5.65 Å². The second-order valence-corrected chi connectivity index (χ2v) is 7.77. The topological polar surface area (TPSA) is 52.8 Å². The molecule has 1 N–H and O–H groups in total. The molecule has 0 aromatic carbocycles. The quantitative estimate of drug-likeness (QED) is 0.847. The van der Waals surface area contributed by atoms with E-state index in [-0.39, 0.29) is 17.4 Å². The summed E-state index contributed by atoms with van der Waals surface area (Å²) in [5.74, 6) is -0.0850. The summed E-state index contributed by atoms with van der Waals surface area (Å²) in [7, 11) is 2.13. The minimum Gasteiger partial charge on any atom is -0.499 e. The molecule has 6 nitrogen and oxygen atoms in total. The van der Waals surface area contributed by atoms with Gasteiger partial charge in [-0.1, -0.05) is 12.5 Å². The molecule has 1 aliphatic heterocycles. The molecule has 2 aliphatic rings. The van der Waals surface area contributed by atoms with Gasteiger partial charge in [-0.05, 0) is 38.8 Å². The first-order chi connectivity index (χ1) is 12.6. The molecule has 0 bridgehead atoms. The van der Waals surface area contributed by atoms with E-state index in [0.717, 1.165) is 57.5 Å². The van der Waals surface area contributed by atoms with Crippen LogP contribution in [0.5, 0.6) is 5.75 Å². The largest absolute Gasteiger partial charge is 0.499 e. The molecule has 140 valence electrons. The Hall–Kier alpha value is -1.92. The Kier molecular flexibility index (Phi) is 4.96. The maximum Gasteiger partial charge on any atom is 0.380 e. The molecule has 1 saturated heterocycles. The zero-order chi connectivity index (χ0) is 18.1. The standard InChI is InChI=1S/C20H28N4O2/c1-21-11-13-22(14-12-21)15-17-19(25)20(26)24(16-7-3-2-4-8-16)18-9-5-6-10-23(17)18/h5-6,9-10,16H,2-4,7-8,11-15H2,1H3/p+1. The van der Waals surface area contributed by atoms with E-state index < -0.39 is 0 Å². The van der Waals surface area contributed by atoms with Crippen LogP contribution >= 0.6 is 0 Å². The molecule has 0 amide bonds. The van der Waals surface area contributed by atoms with Gasteiger partial charge in [-0.3, -0.25) is 4.90 Å². The van der Waals surface area contributed by atoms with Crippen molar-refractivity contribution in [3.8, 4) is 5.75 Å². The molecule has 0 unspecified atom stereocenters. The van der Waals surface area contributed by atoms with Gasteiger partial charge in [-0.2, -0.15) is 8.97 Å². The van der Waals surface area contributed by atoms with E-state index in [1.807, 2.05) is 33.4 Å². The highest BCUT2D eigenvalue weighted by Gasteiger charge is 2.30. The number of piperazine rings is 1. The lowest BCUT2D eigenvalue weighted by molar-refractivity contribution is -0.529. The summed E-state index contributed by atoms with van der Waals surface area (Å²) in [5.41, 5.74) is 1.38. The van der Waals surface area contributed by atoms with Crippen LogP contribution in [0.4, 0.5) is 0 Å². The summed E-state index contributed by atoms with van der Waals surface area (Å²) >= 11 is 0. The highest BCUT2D eigenvalue weighted by atomic mass is 16.3. The fourth-order valence-corrected chi connectivity index (χ4v) is 4.38. The number of fused-ring (bicyclic) bond motifs is 1. The Morgan fingerprint density at radius 2 is 1.85 bits per heavy atom. The lowest BCUT2D eigenvalue weighted by Gasteiger charge is -2.32. The summed E-state index contributed by atoms with van der Waals surface area (Å²) in [4.78, 5) is 17.7. The molecule has 2 fully saturated rings. The molecule has 0 atom stereocenters. The van der Waals surface area contributed by atoms with Crippen LogP contribution in [-0.4, -0.2) is 52.7 Å². The third-order valence-corrected chi connectivity index (χ3v) is 5.98. The van der Waals surface area contributed by atoms with Gasteiger partial charge in [-0.15, -0.1) is 0 Å². The molecular weight excluding hydrogens is 328 g/mol. The Morgan fingerprint density at radius 3 is 2.58 bits per heavy atom. The van der Waals surface area contributed by atoms with Crippen molar-refractivity contribution in [2.24, 2.45) is 0 Å². The van der Waals surface area contributed by atoms with Gasteiger partial charge in [0.25, 0.3) is 11.4 Å². The van der Waals surface area contributed by atoms with E-state index in [0.29, 0.717) is 12.2 Å². The fraction of sp³-hybridized carbons (Fsp3) is 0.600. The first-order valence-corrected chi connectivity index (χ1v) is 9.83. The van der Waals surface area contributed by atoms with Crippen LogP contribution in [-0.2, 0) is 6.54 Å². The molecule has 3 heterocycles. The number of aromatic hydroxyl groups is 1. The number of likely N-dealkylation sites (N-methyl/N-ethyl adjacent to an activating group) is 1. The van der Waals surface area contributed by atoms with Crippen molar-refractivity contribution in [3.05, 3.63) is 40.4 Å². The summed E-state index contributed by atoms with van der Waals surface area (Å²) in [6.45, 7) is 4.55. The minimum atomic E-state index is -0.229. The van der Waals surface area contributed by atoms with Gasteiger partial charge < -0.3 is 10.0 Å². The van der Waals surface area contributed by atoms with Crippen molar-refractivity contribution in [1.82, 2.24) is 14.4 Å². The molecule has 4 rings (SSSR count). The summed E-state index contributed by atoms with van der Waals surface area (Å²) < 4.78 is 3.85. The number of nitrogens with zero attached hydrogens (tertiary/aromatic N) is 4. The van der Waals surface area contributed by atoms with Crippen LogP contribution in [0.15, 0.2) is 29.2 Å². The SMILES string of the molecule is CN1CCN(Cc2c(O)c(=O)n(C3CCCCC3)c3cccc[n+]23)CC1. The van der Waals surface area contributed by atoms with Crippen molar-refractivity contribution < 1.29 is 9.51 Å². The Morgan fingerprint density at radius 1 is 1.12 bits per heavy atom. The third kappa shape index (κ3) is 3.23. The van der Waals surface area contributed by atoms with Gasteiger partial charge in [0.05, 0.1) is 12.7 Å². The van der Waals surface area contributed by atoms with Crippen LogP contribution in [0.2, 0.25) is 0 Å². The second-order valence-electron chi connectivity index (χ2n) is 7.77. The number of aromatic nitrogens is 2. The number of pyridine rings is 1. The Balaban J connectivity index is 1.77. The molecule has 1 saturated carbocycles.